The number of aromatic nitrogens is 1. The van der Waals surface area contributed by atoms with Crippen LogP contribution in [0.3, 0.4) is 0 Å². The molecule has 1 aromatic heterocycles. The molecule has 1 aliphatic rings. The second-order valence-electron chi connectivity index (χ2n) is 4.06. The van der Waals surface area contributed by atoms with Gasteiger partial charge in [0.1, 0.15) is 0 Å². The predicted molar refractivity (Wildman–Crippen MR) is 68.7 cm³/mol. The molecule has 0 aliphatic carbocycles. The van der Waals surface area contributed by atoms with Gasteiger partial charge in [0.05, 0.1) is 22.2 Å². The fraction of sp³-hybridized carbons (Fsp3) is 0.500. The van der Waals surface area contributed by atoms with E-state index in [-0.39, 0.29) is 17.9 Å². The first-order chi connectivity index (χ1) is 8.22. The Balaban J connectivity index is 2.04. The van der Waals surface area contributed by atoms with Crippen LogP contribution >= 0.6 is 15.9 Å². The summed E-state index contributed by atoms with van der Waals surface area (Å²) < 4.78 is 6.31. The Hall–Kier alpha value is -0.940. The van der Waals surface area contributed by atoms with E-state index >= 15 is 0 Å². The number of hydrogen-bond donors (Lipinski definition) is 1. The molecule has 2 rings (SSSR count). The van der Waals surface area contributed by atoms with Crippen LogP contribution in [0.5, 0.6) is 0 Å². The lowest BCUT2D eigenvalue weighted by molar-refractivity contribution is -0.121. The van der Waals surface area contributed by atoms with Gasteiger partial charge in [0.15, 0.2) is 0 Å². The van der Waals surface area contributed by atoms with Gasteiger partial charge in [-0.15, -0.1) is 0 Å². The third-order valence-electron chi connectivity index (χ3n) is 2.98. The smallest absolute Gasteiger partial charge is 0.230 e. The third kappa shape index (κ3) is 2.84. The number of amides is 1. The molecule has 1 aliphatic heterocycles. The van der Waals surface area contributed by atoms with E-state index in [1.54, 1.807) is 18.5 Å². The highest BCUT2D eigenvalue weighted by molar-refractivity contribution is 9.10. The number of nitrogens with one attached hydrogen (secondary N) is 1. The molecule has 1 amide bonds. The maximum Gasteiger partial charge on any atom is 0.230 e. The van der Waals surface area contributed by atoms with Gasteiger partial charge in [-0.1, -0.05) is 6.92 Å². The highest BCUT2D eigenvalue weighted by Gasteiger charge is 2.32. The van der Waals surface area contributed by atoms with E-state index in [0.717, 1.165) is 23.0 Å². The second-order valence-corrected chi connectivity index (χ2v) is 4.91. The molecule has 0 saturated carbocycles. The zero-order valence-electron chi connectivity index (χ0n) is 9.65. The molecule has 1 N–H and O–H groups in total. The second kappa shape index (κ2) is 5.60. The summed E-state index contributed by atoms with van der Waals surface area (Å²) >= 11 is 3.36. The van der Waals surface area contributed by atoms with E-state index < -0.39 is 0 Å². The summed E-state index contributed by atoms with van der Waals surface area (Å²) in [5, 5.41) is 2.91. The number of pyridine rings is 1. The monoisotopic (exact) mass is 298 g/mol. The van der Waals surface area contributed by atoms with E-state index in [2.05, 4.69) is 26.2 Å². The van der Waals surface area contributed by atoms with Gasteiger partial charge < -0.3 is 10.1 Å². The first-order valence-electron chi connectivity index (χ1n) is 5.74. The molecule has 0 bridgehead atoms. The fourth-order valence-electron chi connectivity index (χ4n) is 2.05. The fourth-order valence-corrected chi connectivity index (χ4v) is 2.40. The molecule has 17 heavy (non-hydrogen) atoms. The van der Waals surface area contributed by atoms with Crippen molar-refractivity contribution >= 4 is 27.5 Å². The van der Waals surface area contributed by atoms with Crippen LogP contribution in [0, 0.1) is 5.92 Å². The van der Waals surface area contributed by atoms with E-state index in [1.807, 2.05) is 6.92 Å². The first kappa shape index (κ1) is 12.5. The lowest BCUT2D eigenvalue weighted by Crippen LogP contribution is -2.29. The van der Waals surface area contributed by atoms with Crippen LogP contribution < -0.4 is 5.32 Å². The van der Waals surface area contributed by atoms with Gasteiger partial charge in [0.2, 0.25) is 5.91 Å². The van der Waals surface area contributed by atoms with Crippen LogP contribution in [-0.4, -0.2) is 23.6 Å². The molecule has 1 saturated heterocycles. The first-order valence-corrected chi connectivity index (χ1v) is 6.53. The molecule has 2 unspecified atom stereocenters. The van der Waals surface area contributed by atoms with Gasteiger partial charge >= 0.3 is 0 Å². The Morgan fingerprint density at radius 1 is 1.71 bits per heavy atom. The molecule has 92 valence electrons. The van der Waals surface area contributed by atoms with E-state index in [4.69, 9.17) is 4.74 Å². The van der Waals surface area contributed by atoms with Crippen molar-refractivity contribution < 1.29 is 9.53 Å². The minimum Gasteiger partial charge on any atom is -0.377 e. The third-order valence-corrected chi connectivity index (χ3v) is 3.61. The predicted octanol–water partition coefficient (Wildman–Crippen LogP) is 2.60. The van der Waals surface area contributed by atoms with Crippen LogP contribution in [0.25, 0.3) is 0 Å². The average Bonchev–Trinajstić information content (AvgIpc) is 2.80. The summed E-state index contributed by atoms with van der Waals surface area (Å²) in [6, 6.07) is 1.78. The van der Waals surface area contributed by atoms with Crippen molar-refractivity contribution in [2.75, 3.05) is 11.9 Å². The largest absolute Gasteiger partial charge is 0.377 e. The number of ether oxygens (including phenoxy) is 1. The minimum atomic E-state index is -0.0416. The van der Waals surface area contributed by atoms with Crippen LogP contribution in [-0.2, 0) is 9.53 Å². The van der Waals surface area contributed by atoms with Gasteiger partial charge in [-0.25, -0.2) is 0 Å². The molecular formula is C12H15BrN2O2. The number of nitrogens with zero attached hydrogens (tertiary/aromatic N) is 1. The lowest BCUT2D eigenvalue weighted by Gasteiger charge is -2.16. The van der Waals surface area contributed by atoms with Gasteiger partial charge in [0.25, 0.3) is 0 Å². The summed E-state index contributed by atoms with van der Waals surface area (Å²) in [5.74, 6) is -0.0127. The molecule has 5 heteroatoms. The van der Waals surface area contributed by atoms with Crippen molar-refractivity contribution in [2.24, 2.45) is 5.92 Å². The maximum absolute atomic E-state index is 12.1. The van der Waals surface area contributed by atoms with Crippen LogP contribution in [0.2, 0.25) is 0 Å². The average molecular weight is 299 g/mol. The number of carbonyl (C=O) groups is 1. The highest BCUT2D eigenvalue weighted by atomic mass is 79.9. The zero-order valence-corrected chi connectivity index (χ0v) is 11.2. The van der Waals surface area contributed by atoms with Crippen molar-refractivity contribution in [3.8, 4) is 0 Å². The number of hydrogen-bond acceptors (Lipinski definition) is 3. The Bertz CT molecular complexity index is 411. The van der Waals surface area contributed by atoms with Crippen molar-refractivity contribution in [3.05, 3.63) is 22.9 Å². The van der Waals surface area contributed by atoms with Crippen molar-refractivity contribution in [1.82, 2.24) is 4.98 Å². The van der Waals surface area contributed by atoms with E-state index in [0.29, 0.717) is 6.61 Å². The Morgan fingerprint density at radius 3 is 3.24 bits per heavy atom. The molecule has 1 fully saturated rings. The normalized spacial score (nSPS) is 23.6. The molecule has 2 heterocycles. The molecule has 0 radical (unpaired) electrons. The van der Waals surface area contributed by atoms with Gasteiger partial charge in [-0.3, -0.25) is 9.78 Å². The molecule has 4 nitrogen and oxygen atoms in total. The van der Waals surface area contributed by atoms with Crippen LogP contribution in [0.1, 0.15) is 19.8 Å². The summed E-state index contributed by atoms with van der Waals surface area (Å²) in [5.41, 5.74) is 0.756. The Morgan fingerprint density at radius 2 is 2.53 bits per heavy atom. The van der Waals surface area contributed by atoms with Crippen molar-refractivity contribution in [1.29, 1.82) is 0 Å². The standard InChI is InChI=1S/C12H15BrN2O2/c1-2-11-8(4-6-17-11)12(16)15-10-3-5-14-7-9(10)13/h3,5,7-8,11H,2,4,6H2,1H3,(H,14,15,16). The van der Waals surface area contributed by atoms with Crippen molar-refractivity contribution in [2.45, 2.75) is 25.9 Å². The van der Waals surface area contributed by atoms with E-state index in [1.165, 1.54) is 0 Å². The molecule has 0 aromatic carbocycles. The summed E-state index contributed by atoms with van der Waals surface area (Å²) in [6.07, 6.45) is 5.04. The summed E-state index contributed by atoms with van der Waals surface area (Å²) in [7, 11) is 0. The molecule has 1 aromatic rings. The van der Waals surface area contributed by atoms with Crippen molar-refractivity contribution in [3.63, 3.8) is 0 Å². The number of halogens is 1. The molecule has 0 spiro atoms. The number of rotatable bonds is 3. The minimum absolute atomic E-state index is 0.0289. The number of carbonyl (C=O) groups excluding carboxylic acids is 1. The number of anilines is 1. The van der Waals surface area contributed by atoms with Gasteiger partial charge in [-0.05, 0) is 34.8 Å². The van der Waals surface area contributed by atoms with Crippen LogP contribution in [0.15, 0.2) is 22.9 Å². The lowest BCUT2D eigenvalue weighted by atomic mass is 9.98. The van der Waals surface area contributed by atoms with E-state index in [9.17, 15) is 4.79 Å². The van der Waals surface area contributed by atoms with Gasteiger partial charge in [0, 0.05) is 19.0 Å². The quantitative estimate of drug-likeness (QED) is 0.933. The SMILES string of the molecule is CCC1OCCC1C(=O)Nc1ccncc1Br. The Kier molecular flexibility index (Phi) is 4.12. The van der Waals surface area contributed by atoms with Gasteiger partial charge in [-0.2, -0.15) is 0 Å². The Labute approximate surface area is 109 Å². The highest BCUT2D eigenvalue weighted by Crippen LogP contribution is 2.26. The molecule has 2 atom stereocenters. The molecular weight excluding hydrogens is 284 g/mol. The van der Waals surface area contributed by atoms with Crippen LogP contribution in [0.4, 0.5) is 5.69 Å². The topological polar surface area (TPSA) is 51.2 Å². The summed E-state index contributed by atoms with van der Waals surface area (Å²) in [6.45, 7) is 2.72. The zero-order chi connectivity index (χ0) is 12.3. The maximum atomic E-state index is 12.1. The summed E-state index contributed by atoms with van der Waals surface area (Å²) in [4.78, 5) is 16.1.